The van der Waals surface area contributed by atoms with Crippen LogP contribution in [0.2, 0.25) is 0 Å². The second-order valence-corrected chi connectivity index (χ2v) is 8.94. The molecule has 3 heterocycles. The van der Waals surface area contributed by atoms with Gasteiger partial charge in [0.1, 0.15) is 5.75 Å². The van der Waals surface area contributed by atoms with Gasteiger partial charge in [-0.05, 0) is 55.0 Å². The molecule has 1 amide bonds. The Hall–Kier alpha value is -4.30. The summed E-state index contributed by atoms with van der Waals surface area (Å²) < 4.78 is 7.50. The molecule has 1 aliphatic heterocycles. The molecule has 2 aromatic heterocycles. The Balaban J connectivity index is 1.69. The van der Waals surface area contributed by atoms with Gasteiger partial charge in [-0.2, -0.15) is 0 Å². The molecular formula is C27H22N4O3S. The maximum atomic E-state index is 13.7. The summed E-state index contributed by atoms with van der Waals surface area (Å²) in [5, 5.41) is 2.95. The van der Waals surface area contributed by atoms with Crippen molar-refractivity contribution in [1.82, 2.24) is 9.55 Å². The molecule has 4 aromatic rings. The van der Waals surface area contributed by atoms with Crippen molar-refractivity contribution in [3.05, 3.63) is 121 Å². The number of para-hydroxylation sites is 1. The fourth-order valence-corrected chi connectivity index (χ4v) is 5.09. The number of amides is 1. The van der Waals surface area contributed by atoms with Crippen molar-refractivity contribution in [3.8, 4) is 5.75 Å². The number of thiazole rings is 1. The smallest absolute Gasteiger partial charge is 0.271 e. The first-order valence-electron chi connectivity index (χ1n) is 11.0. The Morgan fingerprint density at radius 1 is 1.09 bits per heavy atom. The van der Waals surface area contributed by atoms with Gasteiger partial charge in [0.15, 0.2) is 4.80 Å². The summed E-state index contributed by atoms with van der Waals surface area (Å²) in [6.07, 6.45) is 3.42. The summed E-state index contributed by atoms with van der Waals surface area (Å²) in [6.45, 7) is 1.79. The first-order chi connectivity index (χ1) is 17.0. The van der Waals surface area contributed by atoms with Crippen molar-refractivity contribution in [2.24, 2.45) is 4.99 Å². The normalized spacial score (nSPS) is 15.4. The van der Waals surface area contributed by atoms with Crippen molar-refractivity contribution >= 4 is 29.0 Å². The Morgan fingerprint density at radius 3 is 2.63 bits per heavy atom. The van der Waals surface area contributed by atoms with E-state index in [4.69, 9.17) is 4.74 Å². The second-order valence-electron chi connectivity index (χ2n) is 7.93. The number of methoxy groups -OCH3 is 1. The third-order valence-corrected chi connectivity index (χ3v) is 6.66. The number of hydrogen-bond donors (Lipinski definition) is 1. The molecule has 1 atom stereocenters. The number of nitrogens with one attached hydrogen (secondary N) is 1. The number of fused-ring (bicyclic) bond motifs is 1. The standard InChI is InChI=1S/C27H22N4O3S/c1-17-23(25(32)30-19-10-4-3-5-11-19)24(18-9-8-13-21(15-18)34-2)31-26(33)22(35-27(31)29-17)16-20-12-6-7-14-28-20/h3-16,24H,1-2H3,(H,30,32). The molecular weight excluding hydrogens is 460 g/mol. The van der Waals surface area contributed by atoms with Crippen LogP contribution >= 0.6 is 11.3 Å². The van der Waals surface area contributed by atoms with Crippen LogP contribution in [0.5, 0.6) is 5.75 Å². The maximum absolute atomic E-state index is 13.7. The summed E-state index contributed by atoms with van der Waals surface area (Å²) in [7, 11) is 1.58. The monoisotopic (exact) mass is 482 g/mol. The molecule has 1 unspecified atom stereocenters. The van der Waals surface area contributed by atoms with Gasteiger partial charge in [0.2, 0.25) is 0 Å². The lowest BCUT2D eigenvalue weighted by Crippen LogP contribution is -2.40. The molecule has 2 aromatic carbocycles. The van der Waals surface area contributed by atoms with Crippen LogP contribution in [-0.2, 0) is 4.79 Å². The lowest BCUT2D eigenvalue weighted by Gasteiger charge is -2.25. The zero-order valence-electron chi connectivity index (χ0n) is 19.1. The first-order valence-corrected chi connectivity index (χ1v) is 11.8. The van der Waals surface area contributed by atoms with Crippen LogP contribution in [0.25, 0.3) is 6.08 Å². The third kappa shape index (κ3) is 4.43. The van der Waals surface area contributed by atoms with Crippen LogP contribution in [0.15, 0.2) is 100 Å². The molecule has 7 nitrogen and oxygen atoms in total. The van der Waals surface area contributed by atoms with Crippen LogP contribution in [-0.4, -0.2) is 22.6 Å². The quantitative estimate of drug-likeness (QED) is 0.473. The van der Waals surface area contributed by atoms with E-state index in [1.807, 2.05) is 72.8 Å². The van der Waals surface area contributed by atoms with Gasteiger partial charge >= 0.3 is 0 Å². The molecule has 5 rings (SSSR count). The first kappa shape index (κ1) is 22.5. The van der Waals surface area contributed by atoms with E-state index in [9.17, 15) is 9.59 Å². The number of aromatic nitrogens is 2. The fraction of sp³-hybridized carbons (Fsp3) is 0.111. The largest absolute Gasteiger partial charge is 0.497 e. The number of benzene rings is 2. The van der Waals surface area contributed by atoms with Gasteiger partial charge in [0.05, 0.1) is 34.6 Å². The Kier molecular flexibility index (Phi) is 6.12. The van der Waals surface area contributed by atoms with Crippen molar-refractivity contribution in [3.63, 3.8) is 0 Å². The van der Waals surface area contributed by atoms with E-state index < -0.39 is 6.04 Å². The minimum atomic E-state index is -0.670. The second kappa shape index (κ2) is 9.52. The molecule has 0 saturated carbocycles. The highest BCUT2D eigenvalue weighted by Gasteiger charge is 2.32. The number of nitrogens with zero attached hydrogens (tertiary/aromatic N) is 3. The molecule has 0 bridgehead atoms. The van der Waals surface area contributed by atoms with E-state index in [1.165, 1.54) is 11.3 Å². The number of allylic oxidation sites excluding steroid dienone is 1. The fourth-order valence-electron chi connectivity index (χ4n) is 4.05. The van der Waals surface area contributed by atoms with E-state index in [1.54, 1.807) is 30.9 Å². The molecule has 35 heavy (non-hydrogen) atoms. The van der Waals surface area contributed by atoms with Gasteiger partial charge in [0, 0.05) is 11.9 Å². The Bertz CT molecular complexity index is 1610. The molecule has 0 aliphatic carbocycles. The highest BCUT2D eigenvalue weighted by atomic mass is 32.1. The van der Waals surface area contributed by atoms with E-state index in [0.717, 1.165) is 5.56 Å². The topological polar surface area (TPSA) is 85.6 Å². The highest BCUT2D eigenvalue weighted by molar-refractivity contribution is 7.07. The summed E-state index contributed by atoms with van der Waals surface area (Å²) in [5.74, 6) is 0.319. The molecule has 0 spiro atoms. The van der Waals surface area contributed by atoms with Crippen LogP contribution in [0.3, 0.4) is 0 Å². The highest BCUT2D eigenvalue weighted by Crippen LogP contribution is 2.32. The average molecular weight is 483 g/mol. The number of carbonyl (C=O) groups excluding carboxylic acids is 1. The maximum Gasteiger partial charge on any atom is 0.271 e. The zero-order valence-corrected chi connectivity index (χ0v) is 20.0. The molecule has 1 aliphatic rings. The number of hydrogen-bond acceptors (Lipinski definition) is 6. The SMILES string of the molecule is COc1cccc(C2C(C(=O)Nc3ccccc3)=C(C)N=c3sc(=Cc4ccccn4)c(=O)n32)c1. The van der Waals surface area contributed by atoms with Gasteiger partial charge in [-0.15, -0.1) is 0 Å². The number of rotatable bonds is 5. The molecule has 0 saturated heterocycles. The predicted molar refractivity (Wildman–Crippen MR) is 136 cm³/mol. The van der Waals surface area contributed by atoms with Gasteiger partial charge in [-0.25, -0.2) is 4.99 Å². The van der Waals surface area contributed by atoms with Gasteiger partial charge in [-0.1, -0.05) is 47.7 Å². The number of carbonyl (C=O) groups is 1. The van der Waals surface area contributed by atoms with E-state index in [-0.39, 0.29) is 11.5 Å². The van der Waals surface area contributed by atoms with Crippen molar-refractivity contribution in [2.75, 3.05) is 12.4 Å². The number of pyridine rings is 1. The zero-order chi connectivity index (χ0) is 24.4. The summed E-state index contributed by atoms with van der Waals surface area (Å²) in [4.78, 5) is 36.7. The van der Waals surface area contributed by atoms with E-state index >= 15 is 0 Å². The molecule has 0 fully saturated rings. The van der Waals surface area contributed by atoms with Crippen LogP contribution in [0, 0.1) is 0 Å². The van der Waals surface area contributed by atoms with E-state index in [0.29, 0.717) is 37.7 Å². The van der Waals surface area contributed by atoms with E-state index in [2.05, 4.69) is 15.3 Å². The van der Waals surface area contributed by atoms with Crippen molar-refractivity contribution < 1.29 is 9.53 Å². The van der Waals surface area contributed by atoms with Crippen molar-refractivity contribution in [2.45, 2.75) is 13.0 Å². The number of anilines is 1. The summed E-state index contributed by atoms with van der Waals surface area (Å²) in [6, 6.07) is 21.5. The minimum Gasteiger partial charge on any atom is -0.497 e. The van der Waals surface area contributed by atoms with Gasteiger partial charge < -0.3 is 10.1 Å². The average Bonchev–Trinajstić information content (AvgIpc) is 3.18. The molecule has 174 valence electrons. The molecule has 1 N–H and O–H groups in total. The van der Waals surface area contributed by atoms with Crippen LogP contribution in [0.4, 0.5) is 5.69 Å². The number of ether oxygens (including phenoxy) is 1. The lowest BCUT2D eigenvalue weighted by atomic mass is 9.95. The Morgan fingerprint density at radius 2 is 1.89 bits per heavy atom. The molecule has 8 heteroatoms. The minimum absolute atomic E-state index is 0.232. The molecule has 0 radical (unpaired) electrons. The lowest BCUT2D eigenvalue weighted by molar-refractivity contribution is -0.113. The summed E-state index contributed by atoms with van der Waals surface area (Å²) >= 11 is 1.28. The Labute approximate surface area is 205 Å². The van der Waals surface area contributed by atoms with Crippen molar-refractivity contribution in [1.29, 1.82) is 0 Å². The van der Waals surface area contributed by atoms with Crippen LogP contribution in [0.1, 0.15) is 24.2 Å². The summed E-state index contributed by atoms with van der Waals surface area (Å²) in [5.41, 5.74) is 2.81. The predicted octanol–water partition coefficient (Wildman–Crippen LogP) is 3.28. The third-order valence-electron chi connectivity index (χ3n) is 5.67. The van der Waals surface area contributed by atoms with Gasteiger partial charge in [-0.3, -0.25) is 19.1 Å². The van der Waals surface area contributed by atoms with Crippen LogP contribution < -0.4 is 24.9 Å². The van der Waals surface area contributed by atoms with Gasteiger partial charge in [0.25, 0.3) is 11.5 Å².